The summed E-state index contributed by atoms with van der Waals surface area (Å²) < 4.78 is 6.78. The number of aromatic nitrogens is 3. The molecule has 0 aliphatic carbocycles. The molecule has 0 unspecified atom stereocenters. The van der Waals surface area contributed by atoms with Crippen molar-refractivity contribution in [2.24, 2.45) is 0 Å². The Kier molecular flexibility index (Phi) is 6.76. The van der Waals surface area contributed by atoms with E-state index < -0.39 is 0 Å². The van der Waals surface area contributed by atoms with Crippen molar-refractivity contribution in [3.8, 4) is 0 Å². The fraction of sp³-hybridized carbons (Fsp3) is 0.222. The van der Waals surface area contributed by atoms with Crippen LogP contribution >= 0.6 is 35.1 Å². The molecule has 0 fully saturated rings. The molecular formula is C18H19N5O2S3. The highest BCUT2D eigenvalue weighted by atomic mass is 32.2. The molecule has 3 rings (SSSR count). The number of nitrogens with zero attached hydrogens (tertiary/aromatic N) is 3. The lowest BCUT2D eigenvalue weighted by molar-refractivity contribution is 0.102. The maximum absolute atomic E-state index is 12.9. The summed E-state index contributed by atoms with van der Waals surface area (Å²) in [6.07, 6.45) is 5.45. The van der Waals surface area contributed by atoms with Gasteiger partial charge in [-0.15, -0.1) is 23.5 Å². The van der Waals surface area contributed by atoms with Crippen molar-refractivity contribution in [3.63, 3.8) is 0 Å². The van der Waals surface area contributed by atoms with Gasteiger partial charge in [-0.2, -0.15) is 9.47 Å². The quantitative estimate of drug-likeness (QED) is 0.540. The molecule has 0 spiro atoms. The largest absolute Gasteiger partial charge is 0.321 e. The fourth-order valence-electron chi connectivity index (χ4n) is 2.47. The van der Waals surface area contributed by atoms with Gasteiger partial charge in [0.15, 0.2) is 5.69 Å². The van der Waals surface area contributed by atoms with Gasteiger partial charge in [-0.1, -0.05) is 18.2 Å². The van der Waals surface area contributed by atoms with Gasteiger partial charge in [0.25, 0.3) is 11.8 Å². The van der Waals surface area contributed by atoms with Gasteiger partial charge in [0.05, 0.1) is 15.5 Å². The molecule has 3 aromatic rings. The lowest BCUT2D eigenvalue weighted by atomic mass is 10.2. The molecule has 0 saturated carbocycles. The number of carbonyl (C=O) groups is 2. The smallest absolute Gasteiger partial charge is 0.278 e. The zero-order valence-electron chi connectivity index (χ0n) is 15.6. The van der Waals surface area contributed by atoms with Crippen LogP contribution < -0.4 is 10.6 Å². The van der Waals surface area contributed by atoms with Crippen LogP contribution in [0.5, 0.6) is 0 Å². The zero-order valence-corrected chi connectivity index (χ0v) is 18.0. The van der Waals surface area contributed by atoms with Crippen LogP contribution in [0, 0.1) is 0 Å². The third-order valence-electron chi connectivity index (χ3n) is 3.82. The van der Waals surface area contributed by atoms with Crippen LogP contribution in [-0.4, -0.2) is 38.5 Å². The number of hydrogen-bond donors (Lipinski definition) is 2. The van der Waals surface area contributed by atoms with Crippen molar-refractivity contribution in [3.05, 3.63) is 47.8 Å². The Morgan fingerprint density at radius 1 is 1.11 bits per heavy atom. The van der Waals surface area contributed by atoms with Crippen LogP contribution in [0.25, 0.3) is 0 Å². The van der Waals surface area contributed by atoms with E-state index in [2.05, 4.69) is 20.1 Å². The molecule has 146 valence electrons. The molecule has 2 N–H and O–H groups in total. The average Bonchev–Trinajstić information content (AvgIpc) is 3.32. The summed E-state index contributed by atoms with van der Waals surface area (Å²) in [4.78, 5) is 25.6. The van der Waals surface area contributed by atoms with E-state index >= 15 is 0 Å². The Balaban J connectivity index is 1.88. The third-order valence-corrected chi connectivity index (χ3v) is 6.56. The third kappa shape index (κ3) is 4.40. The predicted octanol–water partition coefficient (Wildman–Crippen LogP) is 4.31. The first-order valence-corrected chi connectivity index (χ1v) is 11.6. The zero-order chi connectivity index (χ0) is 20.1. The molecule has 10 heteroatoms. The van der Waals surface area contributed by atoms with Gasteiger partial charge in [-0.25, -0.2) is 0 Å². The van der Waals surface area contributed by atoms with Crippen molar-refractivity contribution in [2.75, 3.05) is 23.1 Å². The molecule has 0 bridgehead atoms. The molecule has 0 aliphatic rings. The standard InChI is InChI=1S/C18H19N5O2S3/c1-4-23-10-12(14(21-23)16(25)19-11-8-6-5-7-9-11)20-15(24)13-17(26-2)22-28-18(13)27-3/h5-10H,4H2,1-3H3,(H,19,25)(H,20,24). The number of hydrogen-bond acceptors (Lipinski definition) is 7. The molecule has 2 amide bonds. The normalized spacial score (nSPS) is 10.7. The first-order chi connectivity index (χ1) is 13.6. The van der Waals surface area contributed by atoms with Crippen LogP contribution in [0.2, 0.25) is 0 Å². The van der Waals surface area contributed by atoms with Crippen molar-refractivity contribution >= 4 is 58.2 Å². The maximum atomic E-state index is 12.9. The van der Waals surface area contributed by atoms with Crippen LogP contribution in [0.4, 0.5) is 11.4 Å². The molecule has 0 atom stereocenters. The number of anilines is 2. The Bertz CT molecular complexity index is 963. The lowest BCUT2D eigenvalue weighted by Crippen LogP contribution is -2.18. The van der Waals surface area contributed by atoms with E-state index in [0.29, 0.717) is 28.5 Å². The predicted molar refractivity (Wildman–Crippen MR) is 116 cm³/mol. The van der Waals surface area contributed by atoms with E-state index in [4.69, 9.17) is 0 Å². The molecular weight excluding hydrogens is 414 g/mol. The summed E-state index contributed by atoms with van der Waals surface area (Å²) in [6.45, 7) is 2.49. The topological polar surface area (TPSA) is 88.9 Å². The Labute approximate surface area is 175 Å². The number of thioether (sulfide) groups is 2. The second-order valence-corrected chi connectivity index (χ2v) is 8.22. The summed E-state index contributed by atoms with van der Waals surface area (Å²) >= 11 is 4.18. The lowest BCUT2D eigenvalue weighted by Gasteiger charge is -2.07. The second-order valence-electron chi connectivity index (χ2n) is 5.58. The molecule has 28 heavy (non-hydrogen) atoms. The van der Waals surface area contributed by atoms with Gasteiger partial charge in [0.1, 0.15) is 5.03 Å². The van der Waals surface area contributed by atoms with Crippen molar-refractivity contribution in [1.82, 2.24) is 14.2 Å². The number of amides is 2. The van der Waals surface area contributed by atoms with Crippen molar-refractivity contribution in [1.29, 1.82) is 0 Å². The van der Waals surface area contributed by atoms with Crippen molar-refractivity contribution in [2.45, 2.75) is 22.7 Å². The number of para-hydroxylation sites is 1. The van der Waals surface area contributed by atoms with Crippen LogP contribution in [0.1, 0.15) is 27.8 Å². The van der Waals surface area contributed by atoms with E-state index in [1.54, 1.807) is 23.0 Å². The molecule has 2 aromatic heterocycles. The van der Waals surface area contributed by atoms with Gasteiger partial charge in [0.2, 0.25) is 0 Å². The summed E-state index contributed by atoms with van der Waals surface area (Å²) in [5, 5.41) is 10.6. The Morgan fingerprint density at radius 2 is 1.86 bits per heavy atom. The minimum Gasteiger partial charge on any atom is -0.321 e. The molecule has 2 heterocycles. The van der Waals surface area contributed by atoms with E-state index in [-0.39, 0.29) is 17.5 Å². The molecule has 0 saturated heterocycles. The van der Waals surface area contributed by atoms with Crippen LogP contribution in [0.15, 0.2) is 45.8 Å². The number of carbonyl (C=O) groups excluding carboxylic acids is 2. The second kappa shape index (κ2) is 9.26. The van der Waals surface area contributed by atoms with Gasteiger partial charge >= 0.3 is 0 Å². The SMILES string of the molecule is CCn1cc(NC(=O)c2c(SC)nsc2SC)c(C(=O)Nc2ccccc2)n1. The summed E-state index contributed by atoms with van der Waals surface area (Å²) in [5.41, 5.74) is 1.72. The van der Waals surface area contributed by atoms with Gasteiger partial charge in [0, 0.05) is 18.4 Å². The minimum absolute atomic E-state index is 0.165. The summed E-state index contributed by atoms with van der Waals surface area (Å²) in [6, 6.07) is 9.12. The number of rotatable bonds is 7. The van der Waals surface area contributed by atoms with E-state index in [1.807, 2.05) is 37.6 Å². The van der Waals surface area contributed by atoms with Crippen LogP contribution in [-0.2, 0) is 6.54 Å². The first kappa shape index (κ1) is 20.4. The molecule has 7 nitrogen and oxygen atoms in total. The highest BCUT2D eigenvalue weighted by Crippen LogP contribution is 2.33. The average molecular weight is 434 g/mol. The number of aryl methyl sites for hydroxylation is 1. The fourth-order valence-corrected chi connectivity index (χ4v) is 4.75. The van der Waals surface area contributed by atoms with Gasteiger partial charge in [-0.05, 0) is 43.1 Å². The van der Waals surface area contributed by atoms with E-state index in [1.165, 1.54) is 35.1 Å². The van der Waals surface area contributed by atoms with Gasteiger partial charge in [-0.3, -0.25) is 14.3 Å². The Hall–Kier alpha value is -2.30. The number of benzene rings is 1. The van der Waals surface area contributed by atoms with E-state index in [0.717, 1.165) is 4.21 Å². The maximum Gasteiger partial charge on any atom is 0.278 e. The minimum atomic E-state index is -0.382. The molecule has 0 radical (unpaired) electrons. The first-order valence-electron chi connectivity index (χ1n) is 8.40. The Morgan fingerprint density at radius 3 is 2.50 bits per heavy atom. The highest BCUT2D eigenvalue weighted by molar-refractivity contribution is 8.01. The molecule has 1 aromatic carbocycles. The monoisotopic (exact) mass is 433 g/mol. The summed E-state index contributed by atoms with van der Waals surface area (Å²) in [7, 11) is 0. The van der Waals surface area contributed by atoms with Gasteiger partial charge < -0.3 is 10.6 Å². The van der Waals surface area contributed by atoms with E-state index in [9.17, 15) is 9.59 Å². The number of nitrogens with one attached hydrogen (secondary N) is 2. The summed E-state index contributed by atoms with van der Waals surface area (Å²) in [5.74, 6) is -0.681. The molecule has 0 aliphatic heterocycles. The van der Waals surface area contributed by atoms with Crippen molar-refractivity contribution < 1.29 is 9.59 Å². The highest BCUT2D eigenvalue weighted by Gasteiger charge is 2.24. The van der Waals surface area contributed by atoms with Crippen LogP contribution in [0.3, 0.4) is 0 Å².